The molecule has 2 aromatic rings. The smallest absolute Gasteiger partial charge is 0.341 e. The van der Waals surface area contributed by atoms with Gasteiger partial charge in [0.05, 0.1) is 12.2 Å². The van der Waals surface area contributed by atoms with Crippen molar-refractivity contribution < 1.29 is 14.3 Å². The molecule has 26 heavy (non-hydrogen) atoms. The van der Waals surface area contributed by atoms with Gasteiger partial charge in [-0.3, -0.25) is 9.48 Å². The van der Waals surface area contributed by atoms with E-state index < -0.39 is 0 Å². The number of anilines is 1. The van der Waals surface area contributed by atoms with Crippen molar-refractivity contribution in [1.29, 1.82) is 0 Å². The van der Waals surface area contributed by atoms with Crippen molar-refractivity contribution in [1.82, 2.24) is 9.78 Å². The first kappa shape index (κ1) is 18.6. The van der Waals surface area contributed by atoms with Gasteiger partial charge >= 0.3 is 5.97 Å². The molecule has 0 unspecified atom stereocenters. The Morgan fingerprint density at radius 3 is 2.73 bits per heavy atom. The van der Waals surface area contributed by atoms with Crippen molar-refractivity contribution in [2.24, 2.45) is 0 Å². The van der Waals surface area contributed by atoms with E-state index in [0.717, 1.165) is 36.9 Å². The minimum absolute atomic E-state index is 0.290. The number of fused-ring (bicyclic) bond motifs is 1. The van der Waals surface area contributed by atoms with Gasteiger partial charge in [-0.15, -0.1) is 11.3 Å². The van der Waals surface area contributed by atoms with Crippen molar-refractivity contribution in [2.45, 2.75) is 59.4 Å². The number of carbonyl (C=O) groups is 2. The number of hydrogen-bond donors (Lipinski definition) is 1. The second-order valence-electron chi connectivity index (χ2n) is 6.43. The summed E-state index contributed by atoms with van der Waals surface area (Å²) >= 11 is 1.50. The van der Waals surface area contributed by atoms with Crippen molar-refractivity contribution in [3.8, 4) is 0 Å². The lowest BCUT2D eigenvalue weighted by Crippen LogP contribution is -2.16. The van der Waals surface area contributed by atoms with Crippen LogP contribution in [0.25, 0.3) is 0 Å². The molecule has 2 aromatic heterocycles. The fourth-order valence-corrected chi connectivity index (χ4v) is 4.63. The molecule has 1 amide bonds. The molecule has 3 rings (SSSR count). The number of aryl methyl sites for hydroxylation is 3. The fourth-order valence-electron chi connectivity index (χ4n) is 3.36. The van der Waals surface area contributed by atoms with Crippen LogP contribution in [0, 0.1) is 6.92 Å². The van der Waals surface area contributed by atoms with Crippen LogP contribution < -0.4 is 5.32 Å². The number of amides is 1. The van der Waals surface area contributed by atoms with Crippen molar-refractivity contribution in [3.63, 3.8) is 0 Å². The highest BCUT2D eigenvalue weighted by Gasteiger charge is 2.27. The van der Waals surface area contributed by atoms with E-state index in [1.807, 2.05) is 13.8 Å². The molecule has 1 aliphatic rings. The first-order valence-electron chi connectivity index (χ1n) is 9.22. The molecule has 2 heterocycles. The van der Waals surface area contributed by atoms with Crippen LogP contribution in [0.5, 0.6) is 0 Å². The molecule has 0 aliphatic heterocycles. The number of hydrogen-bond acceptors (Lipinski definition) is 5. The summed E-state index contributed by atoms with van der Waals surface area (Å²) in [6.45, 7) is 6.72. The highest BCUT2D eigenvalue weighted by Crippen LogP contribution is 2.38. The fraction of sp³-hybridized carbons (Fsp3) is 0.526. The Balaban J connectivity index is 1.93. The lowest BCUT2D eigenvalue weighted by atomic mass is 10.1. The normalized spacial score (nSPS) is 13.8. The van der Waals surface area contributed by atoms with Gasteiger partial charge in [0.2, 0.25) is 0 Å². The Morgan fingerprint density at radius 2 is 2.04 bits per heavy atom. The van der Waals surface area contributed by atoms with Crippen LogP contribution in [-0.2, 0) is 24.1 Å². The first-order valence-corrected chi connectivity index (χ1v) is 10.0. The maximum Gasteiger partial charge on any atom is 0.341 e. The number of carbonyl (C=O) groups excluding carboxylic acids is 2. The number of ether oxygens (including phenoxy) is 1. The van der Waals surface area contributed by atoms with Gasteiger partial charge in [0.1, 0.15) is 5.00 Å². The molecule has 0 saturated heterocycles. The molecule has 0 fully saturated rings. The van der Waals surface area contributed by atoms with Crippen molar-refractivity contribution >= 4 is 28.2 Å². The highest BCUT2D eigenvalue weighted by molar-refractivity contribution is 7.17. The average Bonchev–Trinajstić information content (AvgIpc) is 3.07. The number of rotatable bonds is 5. The molecule has 0 spiro atoms. The van der Waals surface area contributed by atoms with E-state index in [1.54, 1.807) is 17.7 Å². The minimum Gasteiger partial charge on any atom is -0.462 e. The summed E-state index contributed by atoms with van der Waals surface area (Å²) in [5, 5.41) is 7.82. The van der Waals surface area contributed by atoms with Crippen LogP contribution in [0.2, 0.25) is 0 Å². The molecular formula is C19H25N3O3S. The molecule has 1 aliphatic carbocycles. The lowest BCUT2D eigenvalue weighted by molar-refractivity contribution is 0.0527. The average molecular weight is 375 g/mol. The number of esters is 1. The van der Waals surface area contributed by atoms with Gasteiger partial charge in [0, 0.05) is 17.1 Å². The van der Waals surface area contributed by atoms with Gasteiger partial charge in [-0.05, 0) is 58.1 Å². The maximum absolute atomic E-state index is 12.7. The van der Waals surface area contributed by atoms with E-state index in [1.165, 1.54) is 22.6 Å². The van der Waals surface area contributed by atoms with Gasteiger partial charge < -0.3 is 10.1 Å². The number of aromatic nitrogens is 2. The Morgan fingerprint density at radius 1 is 1.27 bits per heavy atom. The SMILES string of the molecule is CCOC(=O)c1c(NC(=O)c2cc(C)n(CC)n2)sc2c1CCCCC2. The predicted molar refractivity (Wildman–Crippen MR) is 102 cm³/mol. The third-order valence-electron chi connectivity index (χ3n) is 4.64. The van der Waals surface area contributed by atoms with E-state index in [0.29, 0.717) is 29.4 Å². The Kier molecular flexibility index (Phi) is 5.76. The second kappa shape index (κ2) is 8.03. The van der Waals surface area contributed by atoms with E-state index in [2.05, 4.69) is 10.4 Å². The molecule has 0 radical (unpaired) electrons. The zero-order valence-corrected chi connectivity index (χ0v) is 16.4. The number of nitrogens with one attached hydrogen (secondary N) is 1. The molecular weight excluding hydrogens is 350 g/mol. The van der Waals surface area contributed by atoms with Gasteiger partial charge in [0.15, 0.2) is 5.69 Å². The Hall–Kier alpha value is -2.15. The van der Waals surface area contributed by atoms with Crippen LogP contribution in [0.3, 0.4) is 0 Å². The summed E-state index contributed by atoms with van der Waals surface area (Å²) in [5.74, 6) is -0.639. The van der Waals surface area contributed by atoms with Crippen LogP contribution in [0.4, 0.5) is 5.00 Å². The third-order valence-corrected chi connectivity index (χ3v) is 5.85. The Bertz CT molecular complexity index is 822. The van der Waals surface area contributed by atoms with Crippen LogP contribution >= 0.6 is 11.3 Å². The summed E-state index contributed by atoms with van der Waals surface area (Å²) in [6, 6.07) is 1.77. The molecule has 6 nitrogen and oxygen atoms in total. The number of nitrogens with zero attached hydrogens (tertiary/aromatic N) is 2. The minimum atomic E-state index is -0.350. The van der Waals surface area contributed by atoms with Crippen LogP contribution in [0.15, 0.2) is 6.07 Å². The van der Waals surface area contributed by atoms with E-state index in [-0.39, 0.29) is 11.9 Å². The van der Waals surface area contributed by atoms with E-state index >= 15 is 0 Å². The van der Waals surface area contributed by atoms with Gasteiger partial charge in [-0.25, -0.2) is 4.79 Å². The summed E-state index contributed by atoms with van der Waals surface area (Å²) in [7, 11) is 0. The third kappa shape index (κ3) is 3.67. The monoisotopic (exact) mass is 375 g/mol. The Labute approximate surface area is 157 Å². The predicted octanol–water partition coefficient (Wildman–Crippen LogP) is 3.97. The summed E-state index contributed by atoms with van der Waals surface area (Å²) < 4.78 is 7.04. The zero-order chi connectivity index (χ0) is 18.7. The molecule has 0 aromatic carbocycles. The summed E-state index contributed by atoms with van der Waals surface area (Å²) in [5.41, 5.74) is 2.89. The molecule has 140 valence electrons. The van der Waals surface area contributed by atoms with Crippen LogP contribution in [-0.4, -0.2) is 28.3 Å². The summed E-state index contributed by atoms with van der Waals surface area (Å²) in [6.07, 6.45) is 5.15. The molecule has 1 N–H and O–H groups in total. The quantitative estimate of drug-likeness (QED) is 0.634. The molecule has 0 atom stereocenters. The van der Waals surface area contributed by atoms with Gasteiger partial charge in [-0.1, -0.05) is 6.42 Å². The summed E-state index contributed by atoms with van der Waals surface area (Å²) in [4.78, 5) is 26.4. The van der Waals surface area contributed by atoms with E-state index in [9.17, 15) is 9.59 Å². The van der Waals surface area contributed by atoms with Crippen LogP contribution in [0.1, 0.15) is 70.1 Å². The molecule has 0 saturated carbocycles. The maximum atomic E-state index is 12.7. The van der Waals surface area contributed by atoms with Gasteiger partial charge in [-0.2, -0.15) is 5.10 Å². The highest BCUT2D eigenvalue weighted by atomic mass is 32.1. The zero-order valence-electron chi connectivity index (χ0n) is 15.6. The lowest BCUT2D eigenvalue weighted by Gasteiger charge is -2.07. The standard InChI is InChI=1S/C19H25N3O3S/c1-4-22-12(3)11-14(21-22)17(23)20-18-16(19(24)25-5-2)13-9-7-6-8-10-15(13)26-18/h11H,4-10H2,1-3H3,(H,20,23). The molecule has 7 heteroatoms. The first-order chi connectivity index (χ1) is 12.5. The largest absolute Gasteiger partial charge is 0.462 e. The van der Waals surface area contributed by atoms with E-state index in [4.69, 9.17) is 4.74 Å². The van der Waals surface area contributed by atoms with Crippen molar-refractivity contribution in [3.05, 3.63) is 33.5 Å². The van der Waals surface area contributed by atoms with Crippen molar-refractivity contribution in [2.75, 3.05) is 11.9 Å². The topological polar surface area (TPSA) is 73.2 Å². The molecule has 0 bridgehead atoms. The van der Waals surface area contributed by atoms with Gasteiger partial charge in [0.25, 0.3) is 5.91 Å². The number of thiophene rings is 1. The second-order valence-corrected chi connectivity index (χ2v) is 7.54.